The molecule has 0 saturated heterocycles. The predicted molar refractivity (Wildman–Crippen MR) is 78.8 cm³/mol. The van der Waals surface area contributed by atoms with Crippen LogP contribution in [-0.4, -0.2) is 28.4 Å². The maximum absolute atomic E-state index is 12.5. The molecule has 1 aliphatic rings. The van der Waals surface area contributed by atoms with Gasteiger partial charge in [0.2, 0.25) is 0 Å². The van der Waals surface area contributed by atoms with E-state index >= 15 is 0 Å². The van der Waals surface area contributed by atoms with Crippen LogP contribution >= 0.6 is 34.3 Å². The lowest BCUT2D eigenvalue weighted by Crippen LogP contribution is -2.42. The Hall–Kier alpha value is -1.37. The van der Waals surface area contributed by atoms with Crippen molar-refractivity contribution in [2.75, 3.05) is 6.54 Å². The Bertz CT molecular complexity index is 679. The van der Waals surface area contributed by atoms with Crippen LogP contribution in [-0.2, 0) is 11.2 Å². The minimum absolute atomic E-state index is 0.311. The predicted octanol–water partition coefficient (Wildman–Crippen LogP) is 3.29. The monoisotopic (exact) mass is 327 g/mol. The van der Waals surface area contributed by atoms with Crippen LogP contribution in [0.2, 0.25) is 5.02 Å². The van der Waals surface area contributed by atoms with Crippen molar-refractivity contribution in [3.8, 4) is 0 Å². The Morgan fingerprint density at radius 1 is 1.30 bits per heavy atom. The number of hydrogen-bond acceptors (Lipinski definition) is 4. The SMILES string of the molecule is O=C(O)C1c2ccsc2CCN1C(=O)c1sccc1Cl. The molecule has 3 rings (SSSR count). The average Bonchev–Trinajstić information content (AvgIpc) is 3.04. The van der Waals surface area contributed by atoms with Crippen LogP contribution in [0.15, 0.2) is 22.9 Å². The number of halogens is 1. The molecule has 1 atom stereocenters. The van der Waals surface area contributed by atoms with Gasteiger partial charge in [-0.2, -0.15) is 0 Å². The minimum Gasteiger partial charge on any atom is -0.479 e. The first-order valence-electron chi connectivity index (χ1n) is 5.92. The first-order valence-corrected chi connectivity index (χ1v) is 8.06. The maximum atomic E-state index is 12.5. The van der Waals surface area contributed by atoms with E-state index in [9.17, 15) is 14.7 Å². The van der Waals surface area contributed by atoms with Crippen molar-refractivity contribution in [2.45, 2.75) is 12.5 Å². The Morgan fingerprint density at radius 2 is 2.05 bits per heavy atom. The third kappa shape index (κ3) is 2.13. The van der Waals surface area contributed by atoms with E-state index in [1.807, 2.05) is 5.38 Å². The van der Waals surface area contributed by atoms with Crippen molar-refractivity contribution in [3.05, 3.63) is 43.2 Å². The largest absolute Gasteiger partial charge is 0.479 e. The lowest BCUT2D eigenvalue weighted by atomic mass is 10.00. The zero-order valence-corrected chi connectivity index (χ0v) is 12.6. The van der Waals surface area contributed by atoms with Crippen molar-refractivity contribution in [3.63, 3.8) is 0 Å². The number of thiophene rings is 2. The first-order chi connectivity index (χ1) is 9.59. The number of carboxylic acid groups (broad SMARTS) is 1. The second-order valence-corrected chi connectivity index (χ2v) is 6.71. The highest BCUT2D eigenvalue weighted by Crippen LogP contribution is 2.35. The summed E-state index contributed by atoms with van der Waals surface area (Å²) in [5.74, 6) is -1.32. The quantitative estimate of drug-likeness (QED) is 0.920. The molecular formula is C13H10ClNO3S2. The lowest BCUT2D eigenvalue weighted by Gasteiger charge is -2.32. The van der Waals surface area contributed by atoms with Crippen molar-refractivity contribution in [1.82, 2.24) is 4.90 Å². The van der Waals surface area contributed by atoms with Gasteiger partial charge in [-0.1, -0.05) is 11.6 Å². The lowest BCUT2D eigenvalue weighted by molar-refractivity contribution is -0.142. The van der Waals surface area contributed by atoms with Gasteiger partial charge in [-0.25, -0.2) is 4.79 Å². The summed E-state index contributed by atoms with van der Waals surface area (Å²) >= 11 is 8.75. The molecule has 7 heteroatoms. The Kier molecular flexibility index (Phi) is 3.54. The molecular weight excluding hydrogens is 318 g/mol. The summed E-state index contributed by atoms with van der Waals surface area (Å²) in [6.45, 7) is 0.400. The number of carboxylic acids is 1. The zero-order valence-electron chi connectivity index (χ0n) is 10.2. The molecule has 0 spiro atoms. The zero-order chi connectivity index (χ0) is 14.3. The normalized spacial score (nSPS) is 17.9. The van der Waals surface area contributed by atoms with E-state index in [0.717, 1.165) is 10.4 Å². The average molecular weight is 328 g/mol. The highest BCUT2D eigenvalue weighted by molar-refractivity contribution is 7.12. The Balaban J connectivity index is 2.00. The van der Waals surface area contributed by atoms with E-state index < -0.39 is 12.0 Å². The molecule has 0 bridgehead atoms. The second kappa shape index (κ2) is 5.20. The minimum atomic E-state index is -1.01. The van der Waals surface area contributed by atoms with Gasteiger partial charge in [-0.3, -0.25) is 4.79 Å². The molecule has 2 aromatic rings. The van der Waals surface area contributed by atoms with Crippen LogP contribution in [0.25, 0.3) is 0 Å². The highest BCUT2D eigenvalue weighted by atomic mass is 35.5. The molecule has 1 unspecified atom stereocenters. The summed E-state index contributed by atoms with van der Waals surface area (Å²) in [7, 11) is 0. The van der Waals surface area contributed by atoms with Crippen molar-refractivity contribution >= 4 is 46.2 Å². The number of fused-ring (bicyclic) bond motifs is 1. The summed E-state index contributed by atoms with van der Waals surface area (Å²) in [5.41, 5.74) is 0.717. The van der Waals surface area contributed by atoms with Crippen molar-refractivity contribution in [2.24, 2.45) is 0 Å². The molecule has 1 amide bonds. The number of aliphatic carboxylic acids is 1. The first kappa shape index (κ1) is 13.6. The third-order valence-corrected chi connectivity index (χ3v) is 5.60. The molecule has 2 aromatic heterocycles. The number of amides is 1. The number of carbonyl (C=O) groups is 2. The molecule has 0 aromatic carbocycles. The molecule has 0 radical (unpaired) electrons. The topological polar surface area (TPSA) is 57.6 Å². The third-order valence-electron chi connectivity index (χ3n) is 3.27. The van der Waals surface area contributed by atoms with Gasteiger partial charge in [0.25, 0.3) is 5.91 Å². The van der Waals surface area contributed by atoms with Crippen molar-refractivity contribution in [1.29, 1.82) is 0 Å². The van der Waals surface area contributed by atoms with Gasteiger partial charge in [-0.15, -0.1) is 22.7 Å². The van der Waals surface area contributed by atoms with Crippen LogP contribution in [0.5, 0.6) is 0 Å². The highest BCUT2D eigenvalue weighted by Gasteiger charge is 2.37. The number of rotatable bonds is 2. The second-order valence-electron chi connectivity index (χ2n) is 4.39. The molecule has 20 heavy (non-hydrogen) atoms. The molecule has 1 aliphatic heterocycles. The van der Waals surface area contributed by atoms with Gasteiger partial charge in [0.15, 0.2) is 6.04 Å². The van der Waals surface area contributed by atoms with Gasteiger partial charge >= 0.3 is 5.97 Å². The smallest absolute Gasteiger partial charge is 0.331 e. The van der Waals surface area contributed by atoms with E-state index in [-0.39, 0.29) is 5.91 Å². The number of nitrogens with zero attached hydrogens (tertiary/aromatic N) is 1. The molecule has 4 nitrogen and oxygen atoms in total. The van der Waals surface area contributed by atoms with Crippen LogP contribution in [0.4, 0.5) is 0 Å². The maximum Gasteiger partial charge on any atom is 0.331 e. The van der Waals surface area contributed by atoms with E-state index in [2.05, 4.69) is 0 Å². The fourth-order valence-electron chi connectivity index (χ4n) is 2.38. The van der Waals surface area contributed by atoms with E-state index in [1.54, 1.807) is 17.5 Å². The van der Waals surface area contributed by atoms with Gasteiger partial charge < -0.3 is 10.0 Å². The van der Waals surface area contributed by atoms with E-state index in [4.69, 9.17) is 11.6 Å². The van der Waals surface area contributed by atoms with Gasteiger partial charge in [0.1, 0.15) is 4.88 Å². The molecule has 0 aliphatic carbocycles. The Labute approximate surface area is 128 Å². The molecule has 3 heterocycles. The van der Waals surface area contributed by atoms with Crippen LogP contribution < -0.4 is 0 Å². The van der Waals surface area contributed by atoms with E-state index in [0.29, 0.717) is 22.9 Å². The summed E-state index contributed by atoms with van der Waals surface area (Å²) < 4.78 is 0. The fourth-order valence-corrected chi connectivity index (χ4v) is 4.37. The summed E-state index contributed by atoms with van der Waals surface area (Å²) in [5, 5.41) is 13.4. The Morgan fingerprint density at radius 3 is 2.70 bits per heavy atom. The summed E-state index contributed by atoms with van der Waals surface area (Å²) in [6.07, 6.45) is 0.686. The van der Waals surface area contributed by atoms with Crippen LogP contribution in [0.3, 0.4) is 0 Å². The van der Waals surface area contributed by atoms with E-state index in [1.165, 1.54) is 27.6 Å². The molecule has 0 fully saturated rings. The number of carbonyl (C=O) groups excluding carboxylic acids is 1. The fraction of sp³-hybridized carbons (Fsp3) is 0.231. The van der Waals surface area contributed by atoms with Gasteiger partial charge in [0.05, 0.1) is 5.02 Å². The van der Waals surface area contributed by atoms with Gasteiger partial charge in [-0.05, 0) is 34.9 Å². The summed E-state index contributed by atoms with van der Waals surface area (Å²) in [4.78, 5) is 26.9. The molecule has 1 N–H and O–H groups in total. The standard InChI is InChI=1S/C13H10ClNO3S2/c14-8-3-6-20-11(8)12(16)15-4-1-9-7(2-5-19-9)10(15)13(17)18/h2-3,5-6,10H,1,4H2,(H,17,18). The van der Waals surface area contributed by atoms with Crippen LogP contribution in [0, 0.1) is 0 Å². The van der Waals surface area contributed by atoms with Crippen LogP contribution in [0.1, 0.15) is 26.2 Å². The molecule has 104 valence electrons. The number of hydrogen-bond donors (Lipinski definition) is 1. The van der Waals surface area contributed by atoms with Gasteiger partial charge in [0, 0.05) is 11.4 Å². The summed E-state index contributed by atoms with van der Waals surface area (Å²) in [6, 6.07) is 2.51. The van der Waals surface area contributed by atoms with Crippen molar-refractivity contribution < 1.29 is 14.7 Å². The molecule has 0 saturated carbocycles.